The maximum absolute atomic E-state index is 11.1. The summed E-state index contributed by atoms with van der Waals surface area (Å²) in [6.45, 7) is 3.20. The van der Waals surface area contributed by atoms with Gasteiger partial charge in [0, 0.05) is 13.3 Å². The molecular weight excluding hydrogens is 268 g/mol. The van der Waals surface area contributed by atoms with E-state index in [4.69, 9.17) is 4.74 Å². The van der Waals surface area contributed by atoms with Gasteiger partial charge in [0.2, 0.25) is 0 Å². The molecule has 0 aromatic carbocycles. The summed E-state index contributed by atoms with van der Waals surface area (Å²) in [6.07, 6.45) is 11.1. The SMILES string of the molecule is CCCCCCCCCCC#CCOC(=O)COC(C)=O. The van der Waals surface area contributed by atoms with E-state index in [1.54, 1.807) is 0 Å². The van der Waals surface area contributed by atoms with E-state index in [0.717, 1.165) is 12.8 Å². The van der Waals surface area contributed by atoms with Crippen LogP contribution in [0.3, 0.4) is 0 Å². The van der Waals surface area contributed by atoms with Crippen LogP contribution in [0.1, 0.15) is 71.6 Å². The molecule has 4 nitrogen and oxygen atoms in total. The van der Waals surface area contributed by atoms with Crippen LogP contribution in [-0.2, 0) is 19.1 Å². The molecule has 0 atom stereocenters. The summed E-state index contributed by atoms with van der Waals surface area (Å²) >= 11 is 0. The number of hydrogen-bond acceptors (Lipinski definition) is 4. The standard InChI is InChI=1S/C17H28O4/c1-3-4-5-6-7-8-9-10-11-12-13-14-20-17(19)15-21-16(2)18/h3-11,14-15H2,1-2H3. The highest BCUT2D eigenvalue weighted by molar-refractivity contribution is 5.75. The average Bonchev–Trinajstić information content (AvgIpc) is 2.46. The second kappa shape index (κ2) is 14.9. The van der Waals surface area contributed by atoms with E-state index >= 15 is 0 Å². The Bertz CT molecular complexity index is 338. The maximum Gasteiger partial charge on any atom is 0.345 e. The van der Waals surface area contributed by atoms with Crippen molar-refractivity contribution in [1.82, 2.24) is 0 Å². The van der Waals surface area contributed by atoms with Crippen molar-refractivity contribution in [2.45, 2.75) is 71.6 Å². The first-order valence-corrected chi connectivity index (χ1v) is 7.91. The Morgan fingerprint density at radius 1 is 0.857 bits per heavy atom. The smallest absolute Gasteiger partial charge is 0.345 e. The zero-order chi connectivity index (χ0) is 15.8. The van der Waals surface area contributed by atoms with Gasteiger partial charge in [-0.25, -0.2) is 4.79 Å². The number of rotatable bonds is 11. The van der Waals surface area contributed by atoms with Crippen molar-refractivity contribution in [3.63, 3.8) is 0 Å². The summed E-state index contributed by atoms with van der Waals surface area (Å²) in [7, 11) is 0. The lowest BCUT2D eigenvalue weighted by Gasteiger charge is -2.00. The Hall–Kier alpha value is -1.50. The Labute approximate surface area is 128 Å². The summed E-state index contributed by atoms with van der Waals surface area (Å²) in [5.41, 5.74) is 0. The Balaban J connectivity index is 3.30. The normalized spacial score (nSPS) is 9.62. The van der Waals surface area contributed by atoms with Gasteiger partial charge in [0.05, 0.1) is 0 Å². The molecule has 0 aliphatic carbocycles. The van der Waals surface area contributed by atoms with Gasteiger partial charge in [0.1, 0.15) is 0 Å². The van der Waals surface area contributed by atoms with Crippen molar-refractivity contribution >= 4 is 11.9 Å². The second-order valence-electron chi connectivity index (χ2n) is 5.02. The predicted octanol–water partition coefficient (Wildman–Crippen LogP) is 3.63. The Morgan fingerprint density at radius 2 is 1.48 bits per heavy atom. The highest BCUT2D eigenvalue weighted by Gasteiger charge is 2.03. The minimum absolute atomic E-state index is 0.0666. The Morgan fingerprint density at radius 3 is 2.10 bits per heavy atom. The van der Waals surface area contributed by atoms with Crippen molar-refractivity contribution in [2.75, 3.05) is 13.2 Å². The van der Waals surface area contributed by atoms with Crippen molar-refractivity contribution in [2.24, 2.45) is 0 Å². The van der Waals surface area contributed by atoms with Crippen molar-refractivity contribution < 1.29 is 19.1 Å². The first kappa shape index (κ1) is 19.5. The third kappa shape index (κ3) is 16.4. The molecule has 0 saturated carbocycles. The van der Waals surface area contributed by atoms with Gasteiger partial charge in [-0.1, -0.05) is 63.7 Å². The lowest BCUT2D eigenvalue weighted by molar-refractivity contribution is -0.156. The van der Waals surface area contributed by atoms with Gasteiger partial charge in [-0.2, -0.15) is 0 Å². The molecule has 0 bridgehead atoms. The molecule has 0 spiro atoms. The average molecular weight is 296 g/mol. The molecule has 0 aliphatic heterocycles. The summed E-state index contributed by atoms with van der Waals surface area (Å²) < 4.78 is 9.28. The monoisotopic (exact) mass is 296 g/mol. The summed E-state index contributed by atoms with van der Waals surface area (Å²) in [4.78, 5) is 21.5. The van der Waals surface area contributed by atoms with Crippen molar-refractivity contribution in [1.29, 1.82) is 0 Å². The van der Waals surface area contributed by atoms with Gasteiger partial charge in [-0.3, -0.25) is 4.79 Å². The molecule has 0 unspecified atom stereocenters. The fourth-order valence-electron chi connectivity index (χ4n) is 1.81. The van der Waals surface area contributed by atoms with Crippen LogP contribution in [0, 0.1) is 11.8 Å². The number of ether oxygens (including phenoxy) is 2. The van der Waals surface area contributed by atoms with Crippen molar-refractivity contribution in [3.8, 4) is 11.8 Å². The summed E-state index contributed by atoms with van der Waals surface area (Å²) in [5.74, 6) is 4.71. The lowest BCUT2D eigenvalue weighted by atomic mass is 10.1. The summed E-state index contributed by atoms with van der Waals surface area (Å²) in [5, 5.41) is 0. The fraction of sp³-hybridized carbons (Fsp3) is 0.765. The largest absolute Gasteiger partial charge is 0.454 e. The fourth-order valence-corrected chi connectivity index (χ4v) is 1.81. The quantitative estimate of drug-likeness (QED) is 0.332. The van der Waals surface area contributed by atoms with Crippen LogP contribution in [0.5, 0.6) is 0 Å². The van der Waals surface area contributed by atoms with Crippen LogP contribution in [-0.4, -0.2) is 25.2 Å². The van der Waals surface area contributed by atoms with Crippen LogP contribution in [0.25, 0.3) is 0 Å². The van der Waals surface area contributed by atoms with E-state index in [9.17, 15) is 9.59 Å². The molecule has 0 amide bonds. The molecule has 0 heterocycles. The molecule has 21 heavy (non-hydrogen) atoms. The number of unbranched alkanes of at least 4 members (excludes halogenated alkanes) is 8. The molecule has 0 saturated heterocycles. The van der Waals surface area contributed by atoms with Gasteiger partial charge < -0.3 is 9.47 Å². The first-order valence-electron chi connectivity index (χ1n) is 7.91. The van der Waals surface area contributed by atoms with Crippen LogP contribution in [0.4, 0.5) is 0 Å². The van der Waals surface area contributed by atoms with Gasteiger partial charge in [0.15, 0.2) is 13.2 Å². The molecule has 0 N–H and O–H groups in total. The van der Waals surface area contributed by atoms with Gasteiger partial charge in [-0.05, 0) is 6.42 Å². The van der Waals surface area contributed by atoms with Gasteiger partial charge >= 0.3 is 11.9 Å². The molecule has 4 heteroatoms. The number of hydrogen-bond donors (Lipinski definition) is 0. The van der Waals surface area contributed by atoms with E-state index in [1.165, 1.54) is 51.9 Å². The molecule has 0 aromatic rings. The topological polar surface area (TPSA) is 52.6 Å². The summed E-state index contributed by atoms with van der Waals surface area (Å²) in [6, 6.07) is 0. The van der Waals surface area contributed by atoms with E-state index < -0.39 is 11.9 Å². The molecule has 0 fully saturated rings. The zero-order valence-electron chi connectivity index (χ0n) is 13.4. The zero-order valence-corrected chi connectivity index (χ0v) is 13.4. The minimum Gasteiger partial charge on any atom is -0.454 e. The molecule has 120 valence electrons. The van der Waals surface area contributed by atoms with E-state index in [2.05, 4.69) is 23.5 Å². The number of carbonyl (C=O) groups is 2. The number of esters is 2. The number of carbonyl (C=O) groups excluding carboxylic acids is 2. The highest BCUT2D eigenvalue weighted by atomic mass is 16.6. The molecule has 0 aromatic heterocycles. The molecule has 0 radical (unpaired) electrons. The van der Waals surface area contributed by atoms with E-state index in [-0.39, 0.29) is 13.2 Å². The molecule has 0 rings (SSSR count). The van der Waals surface area contributed by atoms with Crippen LogP contribution in [0.15, 0.2) is 0 Å². The van der Waals surface area contributed by atoms with Gasteiger partial charge in [0.25, 0.3) is 0 Å². The lowest BCUT2D eigenvalue weighted by Crippen LogP contribution is -2.14. The van der Waals surface area contributed by atoms with E-state index in [0.29, 0.717) is 0 Å². The minimum atomic E-state index is -0.563. The molecule has 0 aliphatic rings. The van der Waals surface area contributed by atoms with Crippen LogP contribution >= 0.6 is 0 Å². The third-order valence-corrected chi connectivity index (χ3v) is 2.98. The Kier molecular flexibility index (Phi) is 13.8. The van der Waals surface area contributed by atoms with Crippen molar-refractivity contribution in [3.05, 3.63) is 0 Å². The predicted molar refractivity (Wildman–Crippen MR) is 82.6 cm³/mol. The second-order valence-corrected chi connectivity index (χ2v) is 5.02. The van der Waals surface area contributed by atoms with E-state index in [1.807, 2.05) is 0 Å². The van der Waals surface area contributed by atoms with Crippen LogP contribution < -0.4 is 0 Å². The first-order chi connectivity index (χ1) is 10.2. The maximum atomic E-state index is 11.1. The van der Waals surface area contributed by atoms with Gasteiger partial charge in [-0.15, -0.1) is 0 Å². The van der Waals surface area contributed by atoms with Crippen LogP contribution in [0.2, 0.25) is 0 Å². The highest BCUT2D eigenvalue weighted by Crippen LogP contribution is 2.08. The third-order valence-electron chi connectivity index (χ3n) is 2.98. The molecular formula is C17H28O4.